The van der Waals surface area contributed by atoms with Crippen molar-refractivity contribution in [1.82, 2.24) is 5.32 Å². The van der Waals surface area contributed by atoms with Crippen LogP contribution >= 0.6 is 11.6 Å². The van der Waals surface area contributed by atoms with Crippen LogP contribution in [0.4, 0.5) is 0 Å². The first-order chi connectivity index (χ1) is 9.74. The lowest BCUT2D eigenvalue weighted by atomic mass is 9.95. The first-order valence-electron chi connectivity index (χ1n) is 7.32. The van der Waals surface area contributed by atoms with Gasteiger partial charge in [0.2, 0.25) is 0 Å². The van der Waals surface area contributed by atoms with Crippen LogP contribution in [0.2, 0.25) is 5.02 Å². The van der Waals surface area contributed by atoms with E-state index in [-0.39, 0.29) is 0 Å². The van der Waals surface area contributed by atoms with Crippen molar-refractivity contribution >= 4 is 11.6 Å². The van der Waals surface area contributed by atoms with Crippen molar-refractivity contribution in [3.8, 4) is 11.1 Å². The van der Waals surface area contributed by atoms with Gasteiger partial charge in [0, 0.05) is 16.6 Å². The van der Waals surface area contributed by atoms with E-state index in [9.17, 15) is 0 Å². The molecule has 0 fully saturated rings. The van der Waals surface area contributed by atoms with Gasteiger partial charge in [-0.05, 0) is 60.7 Å². The van der Waals surface area contributed by atoms with Crippen molar-refractivity contribution in [2.45, 2.75) is 32.2 Å². The molecule has 0 amide bonds. The number of hydrogen-bond donors (Lipinski definition) is 1. The molecule has 2 heteroatoms. The fourth-order valence-electron chi connectivity index (χ4n) is 3.24. The minimum absolute atomic E-state index is 0.484. The van der Waals surface area contributed by atoms with Gasteiger partial charge in [-0.25, -0.2) is 0 Å². The maximum atomic E-state index is 6.45. The van der Waals surface area contributed by atoms with E-state index < -0.39 is 0 Å². The van der Waals surface area contributed by atoms with E-state index in [1.165, 1.54) is 40.7 Å². The Balaban J connectivity index is 2.13. The van der Waals surface area contributed by atoms with Gasteiger partial charge in [0.1, 0.15) is 0 Å². The van der Waals surface area contributed by atoms with Crippen LogP contribution in [-0.4, -0.2) is 7.05 Å². The van der Waals surface area contributed by atoms with E-state index >= 15 is 0 Å². The molecule has 1 aliphatic rings. The fourth-order valence-corrected chi connectivity index (χ4v) is 3.55. The predicted molar refractivity (Wildman–Crippen MR) is 86.4 cm³/mol. The van der Waals surface area contributed by atoms with E-state index in [0.29, 0.717) is 6.04 Å². The van der Waals surface area contributed by atoms with Crippen LogP contribution in [0.5, 0.6) is 0 Å². The normalized spacial score (nSPS) is 17.2. The fraction of sp³-hybridized carbons (Fsp3) is 0.333. The Hall–Kier alpha value is -1.31. The van der Waals surface area contributed by atoms with Crippen LogP contribution in [0.1, 0.15) is 36.1 Å². The van der Waals surface area contributed by atoms with Crippen molar-refractivity contribution in [3.63, 3.8) is 0 Å². The van der Waals surface area contributed by atoms with Gasteiger partial charge in [0.15, 0.2) is 0 Å². The maximum absolute atomic E-state index is 6.45. The first kappa shape index (κ1) is 13.7. The molecule has 1 nitrogen and oxygen atoms in total. The van der Waals surface area contributed by atoms with Gasteiger partial charge >= 0.3 is 0 Å². The zero-order valence-corrected chi connectivity index (χ0v) is 12.8. The summed E-state index contributed by atoms with van der Waals surface area (Å²) in [5.41, 5.74) is 6.66. The van der Waals surface area contributed by atoms with Crippen molar-refractivity contribution in [1.29, 1.82) is 0 Å². The van der Waals surface area contributed by atoms with Crippen LogP contribution in [0.25, 0.3) is 11.1 Å². The van der Waals surface area contributed by atoms with Crippen LogP contribution in [0, 0.1) is 0 Å². The molecule has 0 aliphatic heterocycles. The van der Waals surface area contributed by atoms with E-state index in [0.717, 1.165) is 11.4 Å². The van der Waals surface area contributed by atoms with E-state index in [4.69, 9.17) is 11.6 Å². The predicted octanol–water partition coefficient (Wildman–Crippen LogP) is 4.78. The third-order valence-electron chi connectivity index (χ3n) is 4.34. The molecule has 2 aromatic rings. The molecule has 0 bridgehead atoms. The minimum Gasteiger partial charge on any atom is -0.313 e. The second-order valence-electron chi connectivity index (χ2n) is 5.42. The van der Waals surface area contributed by atoms with Crippen LogP contribution < -0.4 is 5.32 Å². The van der Waals surface area contributed by atoms with Crippen molar-refractivity contribution in [3.05, 3.63) is 58.1 Å². The van der Waals surface area contributed by atoms with Gasteiger partial charge in [-0.15, -0.1) is 0 Å². The summed E-state index contributed by atoms with van der Waals surface area (Å²) in [6.45, 7) is 2.18. The number of nitrogens with one attached hydrogen (secondary N) is 1. The van der Waals surface area contributed by atoms with E-state index in [1.54, 1.807) is 0 Å². The molecule has 3 rings (SSSR count). The quantitative estimate of drug-likeness (QED) is 0.856. The number of hydrogen-bond acceptors (Lipinski definition) is 1. The molecule has 0 saturated carbocycles. The standard InChI is InChI=1S/C18H20ClN/c1-3-12-5-4-6-16(19)18(12)14-8-7-13-9-10-17(20-2)15(13)11-14/h4-8,11,17,20H,3,9-10H2,1-2H3. The number of fused-ring (bicyclic) bond motifs is 1. The summed E-state index contributed by atoms with van der Waals surface area (Å²) in [6, 6.07) is 13.5. The average Bonchev–Trinajstić information content (AvgIpc) is 2.89. The molecule has 1 unspecified atom stereocenters. The number of benzene rings is 2. The van der Waals surface area contributed by atoms with E-state index in [1.807, 2.05) is 19.2 Å². The van der Waals surface area contributed by atoms with Gasteiger partial charge < -0.3 is 5.32 Å². The van der Waals surface area contributed by atoms with Crippen LogP contribution in [0.15, 0.2) is 36.4 Å². The highest BCUT2D eigenvalue weighted by Crippen LogP contribution is 2.37. The summed E-state index contributed by atoms with van der Waals surface area (Å²) in [7, 11) is 2.04. The zero-order chi connectivity index (χ0) is 14.1. The Kier molecular flexibility index (Phi) is 3.82. The van der Waals surface area contributed by atoms with Crippen molar-refractivity contribution < 1.29 is 0 Å². The Labute approximate surface area is 126 Å². The summed E-state index contributed by atoms with van der Waals surface area (Å²) >= 11 is 6.45. The second-order valence-corrected chi connectivity index (χ2v) is 5.83. The summed E-state index contributed by atoms with van der Waals surface area (Å²) in [4.78, 5) is 0. The van der Waals surface area contributed by atoms with Gasteiger partial charge in [-0.3, -0.25) is 0 Å². The summed E-state index contributed by atoms with van der Waals surface area (Å²) in [5, 5.41) is 4.26. The average molecular weight is 286 g/mol. The molecule has 0 saturated heterocycles. The molecule has 0 spiro atoms. The molecule has 0 aromatic heterocycles. The molecule has 0 radical (unpaired) electrons. The monoisotopic (exact) mass is 285 g/mol. The lowest BCUT2D eigenvalue weighted by molar-refractivity contribution is 0.590. The second kappa shape index (κ2) is 5.59. The molecule has 1 N–H and O–H groups in total. The van der Waals surface area contributed by atoms with Crippen LogP contribution in [0.3, 0.4) is 0 Å². The number of aryl methyl sites for hydroxylation is 2. The van der Waals surface area contributed by atoms with E-state index in [2.05, 4.69) is 36.5 Å². The highest BCUT2D eigenvalue weighted by atomic mass is 35.5. The highest BCUT2D eigenvalue weighted by molar-refractivity contribution is 6.33. The van der Waals surface area contributed by atoms with Gasteiger partial charge in [-0.1, -0.05) is 42.8 Å². The molecule has 104 valence electrons. The lowest BCUT2D eigenvalue weighted by Gasteiger charge is -2.14. The summed E-state index contributed by atoms with van der Waals surface area (Å²) in [5.74, 6) is 0. The zero-order valence-electron chi connectivity index (χ0n) is 12.0. The van der Waals surface area contributed by atoms with Crippen LogP contribution in [-0.2, 0) is 12.8 Å². The molecule has 1 aliphatic carbocycles. The molecule has 20 heavy (non-hydrogen) atoms. The SMILES string of the molecule is CCc1cccc(Cl)c1-c1ccc2c(c1)C(NC)CC2. The van der Waals surface area contributed by atoms with Gasteiger partial charge in [-0.2, -0.15) is 0 Å². The molecule has 2 aromatic carbocycles. The Morgan fingerprint density at radius 2 is 2.10 bits per heavy atom. The largest absolute Gasteiger partial charge is 0.313 e. The third kappa shape index (κ3) is 2.25. The van der Waals surface area contributed by atoms with Gasteiger partial charge in [0.05, 0.1) is 0 Å². The Bertz CT molecular complexity index is 633. The third-order valence-corrected chi connectivity index (χ3v) is 4.66. The highest BCUT2D eigenvalue weighted by Gasteiger charge is 2.22. The molecule has 1 atom stereocenters. The molecular weight excluding hydrogens is 266 g/mol. The minimum atomic E-state index is 0.484. The lowest BCUT2D eigenvalue weighted by Crippen LogP contribution is -2.12. The van der Waals surface area contributed by atoms with Crippen molar-refractivity contribution in [2.24, 2.45) is 0 Å². The number of halogens is 1. The number of rotatable bonds is 3. The summed E-state index contributed by atoms with van der Waals surface area (Å²) in [6.07, 6.45) is 3.37. The van der Waals surface area contributed by atoms with Gasteiger partial charge in [0.25, 0.3) is 0 Å². The first-order valence-corrected chi connectivity index (χ1v) is 7.70. The Morgan fingerprint density at radius 3 is 2.85 bits per heavy atom. The molecular formula is C18H20ClN. The Morgan fingerprint density at radius 1 is 1.25 bits per heavy atom. The summed E-state index contributed by atoms with van der Waals surface area (Å²) < 4.78 is 0. The van der Waals surface area contributed by atoms with Crippen molar-refractivity contribution in [2.75, 3.05) is 7.05 Å². The smallest absolute Gasteiger partial charge is 0.0487 e. The maximum Gasteiger partial charge on any atom is 0.0487 e. The topological polar surface area (TPSA) is 12.0 Å². The molecule has 0 heterocycles.